The number of amides is 1. The highest BCUT2D eigenvalue weighted by Crippen LogP contribution is 2.25. The number of hydrazone groups is 1. The first-order valence-electron chi connectivity index (χ1n) is 5.80. The highest BCUT2D eigenvalue weighted by molar-refractivity contribution is 5.93. The lowest BCUT2D eigenvalue weighted by molar-refractivity contribution is -0.385. The first-order valence-corrected chi connectivity index (χ1v) is 5.80. The quantitative estimate of drug-likeness (QED) is 0.501. The van der Waals surface area contributed by atoms with Gasteiger partial charge in [-0.05, 0) is 24.3 Å². The predicted octanol–water partition coefficient (Wildman–Crippen LogP) is 1.46. The molecule has 2 rings (SSSR count). The average molecular weight is 286 g/mol. The summed E-state index contributed by atoms with van der Waals surface area (Å²) in [5.41, 5.74) is 2.37. The molecule has 0 bridgehead atoms. The highest BCUT2D eigenvalue weighted by Gasteiger charge is 2.12. The second kappa shape index (κ2) is 6.24. The van der Waals surface area contributed by atoms with Crippen LogP contribution >= 0.6 is 0 Å². The fourth-order valence-corrected chi connectivity index (χ4v) is 1.49. The Morgan fingerprint density at radius 3 is 2.86 bits per heavy atom. The van der Waals surface area contributed by atoms with Gasteiger partial charge in [-0.1, -0.05) is 6.07 Å². The Balaban J connectivity index is 2.07. The molecule has 2 aromatic rings. The van der Waals surface area contributed by atoms with E-state index in [0.29, 0.717) is 5.56 Å². The Bertz CT molecular complexity index is 701. The monoisotopic (exact) mass is 286 g/mol. The Kier molecular flexibility index (Phi) is 4.20. The van der Waals surface area contributed by atoms with E-state index < -0.39 is 22.3 Å². The molecule has 0 spiro atoms. The summed E-state index contributed by atoms with van der Waals surface area (Å²) in [4.78, 5) is 25.4. The number of aromatic nitrogens is 1. The Morgan fingerprint density at radius 1 is 1.38 bits per heavy atom. The van der Waals surface area contributed by atoms with Gasteiger partial charge < -0.3 is 5.11 Å². The third kappa shape index (κ3) is 3.60. The number of phenolic OH excluding ortho intramolecular Hbond substituents is 1. The van der Waals surface area contributed by atoms with Crippen LogP contribution in [0.5, 0.6) is 5.75 Å². The number of carbonyl (C=O) groups is 1. The molecule has 2 N–H and O–H groups in total. The van der Waals surface area contributed by atoms with E-state index in [2.05, 4.69) is 15.5 Å². The van der Waals surface area contributed by atoms with E-state index >= 15 is 0 Å². The van der Waals surface area contributed by atoms with Crippen LogP contribution in [0.2, 0.25) is 0 Å². The van der Waals surface area contributed by atoms with Gasteiger partial charge in [0.05, 0.1) is 11.1 Å². The molecule has 0 saturated heterocycles. The van der Waals surface area contributed by atoms with Crippen LogP contribution in [-0.4, -0.2) is 27.1 Å². The van der Waals surface area contributed by atoms with Crippen LogP contribution in [0.25, 0.3) is 0 Å². The zero-order valence-corrected chi connectivity index (χ0v) is 10.6. The minimum atomic E-state index is -0.709. The van der Waals surface area contributed by atoms with E-state index in [1.165, 1.54) is 30.6 Å². The van der Waals surface area contributed by atoms with Crippen LogP contribution in [0.1, 0.15) is 16.1 Å². The topological polar surface area (TPSA) is 118 Å². The summed E-state index contributed by atoms with van der Waals surface area (Å²) in [5.74, 6) is -0.935. The molecule has 0 fully saturated rings. The lowest BCUT2D eigenvalue weighted by atomic mass is 10.2. The van der Waals surface area contributed by atoms with E-state index in [9.17, 15) is 20.0 Å². The molecular weight excluding hydrogens is 276 g/mol. The number of aromatic hydroxyl groups is 1. The summed E-state index contributed by atoms with van der Waals surface area (Å²) < 4.78 is 0. The first-order chi connectivity index (χ1) is 10.1. The number of benzene rings is 1. The van der Waals surface area contributed by atoms with Crippen molar-refractivity contribution in [3.05, 3.63) is 64.0 Å². The van der Waals surface area contributed by atoms with E-state index in [1.807, 2.05) is 0 Å². The second-order valence-corrected chi connectivity index (χ2v) is 3.92. The molecule has 1 amide bonds. The summed E-state index contributed by atoms with van der Waals surface area (Å²) in [6.45, 7) is 0. The molecule has 0 unspecified atom stereocenters. The van der Waals surface area contributed by atoms with Gasteiger partial charge in [0.1, 0.15) is 5.69 Å². The smallest absolute Gasteiger partial charge is 0.311 e. The average Bonchev–Trinajstić information content (AvgIpc) is 2.49. The lowest BCUT2D eigenvalue weighted by Gasteiger charge is -1.99. The number of nitrogens with zero attached hydrogens (tertiary/aromatic N) is 3. The summed E-state index contributed by atoms with van der Waals surface area (Å²) >= 11 is 0. The largest absolute Gasteiger partial charge is 0.502 e. The van der Waals surface area contributed by atoms with Crippen molar-refractivity contribution in [3.8, 4) is 5.75 Å². The molecule has 0 atom stereocenters. The van der Waals surface area contributed by atoms with Crippen molar-refractivity contribution < 1.29 is 14.8 Å². The van der Waals surface area contributed by atoms with Crippen molar-refractivity contribution in [2.75, 3.05) is 0 Å². The Labute approximate surface area is 118 Å². The highest BCUT2D eigenvalue weighted by atomic mass is 16.6. The van der Waals surface area contributed by atoms with Crippen LogP contribution in [-0.2, 0) is 0 Å². The first kappa shape index (κ1) is 14.1. The van der Waals surface area contributed by atoms with Gasteiger partial charge in [0.25, 0.3) is 5.91 Å². The standard InChI is InChI=1S/C13H10N4O4/c18-12-5-4-9(7-11(12)17(20)21)8-15-16-13(19)10-3-1-2-6-14-10/h1-8,18H,(H,16,19). The maximum Gasteiger partial charge on any atom is 0.311 e. The van der Waals surface area contributed by atoms with Gasteiger partial charge in [0.15, 0.2) is 5.75 Å². The zero-order valence-electron chi connectivity index (χ0n) is 10.6. The van der Waals surface area contributed by atoms with E-state index in [0.717, 1.165) is 6.07 Å². The van der Waals surface area contributed by atoms with Gasteiger partial charge >= 0.3 is 5.69 Å². The van der Waals surface area contributed by atoms with Crippen LogP contribution in [0.15, 0.2) is 47.7 Å². The van der Waals surface area contributed by atoms with Crippen molar-refractivity contribution in [3.63, 3.8) is 0 Å². The molecule has 21 heavy (non-hydrogen) atoms. The van der Waals surface area contributed by atoms with Crippen molar-refractivity contribution in [1.29, 1.82) is 0 Å². The maximum atomic E-state index is 11.6. The van der Waals surface area contributed by atoms with Crippen LogP contribution in [0, 0.1) is 10.1 Å². The fraction of sp³-hybridized carbons (Fsp3) is 0. The van der Waals surface area contributed by atoms with Gasteiger partial charge in [-0.15, -0.1) is 0 Å². The number of nitrogens with one attached hydrogen (secondary N) is 1. The lowest BCUT2D eigenvalue weighted by Crippen LogP contribution is -2.18. The molecule has 0 radical (unpaired) electrons. The molecule has 0 aliphatic rings. The summed E-state index contributed by atoms with van der Waals surface area (Å²) in [5, 5.41) is 23.6. The summed E-state index contributed by atoms with van der Waals surface area (Å²) in [6, 6.07) is 8.62. The molecule has 106 valence electrons. The van der Waals surface area contributed by atoms with Gasteiger partial charge in [-0.2, -0.15) is 5.10 Å². The molecule has 0 saturated carbocycles. The number of nitro benzene ring substituents is 1. The van der Waals surface area contributed by atoms with Crippen molar-refractivity contribution in [2.24, 2.45) is 5.10 Å². The number of phenols is 1. The fourth-order valence-electron chi connectivity index (χ4n) is 1.49. The molecule has 0 aliphatic heterocycles. The second-order valence-electron chi connectivity index (χ2n) is 3.92. The maximum absolute atomic E-state index is 11.6. The van der Waals surface area contributed by atoms with E-state index in [-0.39, 0.29) is 5.69 Å². The third-order valence-corrected chi connectivity index (χ3v) is 2.47. The van der Waals surface area contributed by atoms with E-state index in [4.69, 9.17) is 0 Å². The molecule has 1 aromatic carbocycles. The van der Waals surface area contributed by atoms with Crippen LogP contribution in [0.4, 0.5) is 5.69 Å². The number of carbonyl (C=O) groups excluding carboxylic acids is 1. The van der Waals surface area contributed by atoms with Crippen molar-refractivity contribution in [2.45, 2.75) is 0 Å². The zero-order chi connectivity index (χ0) is 15.2. The number of hydrogen-bond acceptors (Lipinski definition) is 6. The third-order valence-electron chi connectivity index (χ3n) is 2.47. The molecule has 1 heterocycles. The molecule has 8 heteroatoms. The van der Waals surface area contributed by atoms with Gasteiger partial charge in [-0.3, -0.25) is 19.9 Å². The normalized spacial score (nSPS) is 10.5. The van der Waals surface area contributed by atoms with Gasteiger partial charge in [0.2, 0.25) is 0 Å². The van der Waals surface area contributed by atoms with E-state index in [1.54, 1.807) is 12.1 Å². The van der Waals surface area contributed by atoms with Crippen LogP contribution in [0.3, 0.4) is 0 Å². The summed E-state index contributed by atoms with van der Waals surface area (Å²) in [7, 11) is 0. The number of pyridine rings is 1. The number of hydrogen-bond donors (Lipinski definition) is 2. The van der Waals surface area contributed by atoms with Gasteiger partial charge in [-0.25, -0.2) is 5.43 Å². The molecular formula is C13H10N4O4. The molecule has 0 aliphatic carbocycles. The minimum absolute atomic E-state index is 0.200. The Morgan fingerprint density at radius 2 is 2.19 bits per heavy atom. The molecule has 1 aromatic heterocycles. The SMILES string of the molecule is O=C(NN=Cc1ccc(O)c([N+](=O)[O-])c1)c1ccccn1. The predicted molar refractivity (Wildman–Crippen MR) is 74.1 cm³/mol. The minimum Gasteiger partial charge on any atom is -0.502 e. The summed E-state index contributed by atoms with van der Waals surface area (Å²) in [6.07, 6.45) is 2.70. The van der Waals surface area contributed by atoms with Crippen molar-refractivity contribution in [1.82, 2.24) is 10.4 Å². The van der Waals surface area contributed by atoms with Crippen LogP contribution < -0.4 is 5.43 Å². The Hall–Kier alpha value is -3.29. The number of nitro groups is 1. The van der Waals surface area contributed by atoms with Crippen molar-refractivity contribution >= 4 is 17.8 Å². The van der Waals surface area contributed by atoms with Gasteiger partial charge in [0, 0.05) is 17.8 Å². The number of rotatable bonds is 4. The molecule has 8 nitrogen and oxygen atoms in total.